The molecule has 1 saturated heterocycles. The molecule has 0 bridgehead atoms. The van der Waals surface area contributed by atoms with E-state index in [1.165, 1.54) is 4.90 Å². The summed E-state index contributed by atoms with van der Waals surface area (Å²) in [4.78, 5) is 28.7. The number of hydrogen-bond acceptors (Lipinski definition) is 3. The Morgan fingerprint density at radius 3 is 2.74 bits per heavy atom. The zero-order valence-corrected chi connectivity index (χ0v) is 11.0. The molecule has 1 aromatic rings. The first kappa shape index (κ1) is 13.3. The number of nitrogens with zero attached hydrogens (tertiary/aromatic N) is 2. The molecule has 1 aliphatic rings. The third-order valence-electron chi connectivity index (χ3n) is 3.29. The summed E-state index contributed by atoms with van der Waals surface area (Å²) in [5, 5.41) is 11.7. The molecule has 2 heterocycles. The Morgan fingerprint density at radius 1 is 1.42 bits per heavy atom. The number of carbonyl (C=O) groups is 2. The van der Waals surface area contributed by atoms with Crippen molar-refractivity contribution in [1.82, 2.24) is 9.88 Å². The fourth-order valence-electron chi connectivity index (χ4n) is 2.16. The van der Waals surface area contributed by atoms with Crippen LogP contribution in [0.5, 0.6) is 0 Å². The van der Waals surface area contributed by atoms with Gasteiger partial charge in [0.05, 0.1) is 17.3 Å². The number of amides is 2. The number of urea groups is 1. The van der Waals surface area contributed by atoms with Gasteiger partial charge in [-0.05, 0) is 32.4 Å². The minimum absolute atomic E-state index is 0.263. The molecule has 102 valence electrons. The molecule has 0 aromatic carbocycles. The topological polar surface area (TPSA) is 82.5 Å². The summed E-state index contributed by atoms with van der Waals surface area (Å²) in [5.41, 5.74) is 2.30. The number of carbonyl (C=O) groups excluding carboxylic acids is 1. The zero-order chi connectivity index (χ0) is 14.0. The van der Waals surface area contributed by atoms with Crippen LogP contribution in [-0.2, 0) is 4.79 Å². The number of aromatic nitrogens is 1. The van der Waals surface area contributed by atoms with E-state index < -0.39 is 11.9 Å². The Morgan fingerprint density at radius 2 is 2.16 bits per heavy atom. The molecule has 1 atom stereocenters. The molecule has 6 heteroatoms. The lowest BCUT2D eigenvalue weighted by Crippen LogP contribution is -2.34. The van der Waals surface area contributed by atoms with Crippen molar-refractivity contribution in [3.63, 3.8) is 0 Å². The molecule has 1 aromatic heterocycles. The maximum Gasteiger partial charge on any atom is 0.321 e. The van der Waals surface area contributed by atoms with Gasteiger partial charge in [-0.3, -0.25) is 9.78 Å². The molecule has 2 N–H and O–H groups in total. The highest BCUT2D eigenvalue weighted by Crippen LogP contribution is 2.19. The number of pyridine rings is 1. The van der Waals surface area contributed by atoms with E-state index in [1.54, 1.807) is 6.07 Å². The molecule has 1 unspecified atom stereocenters. The summed E-state index contributed by atoms with van der Waals surface area (Å²) >= 11 is 0. The normalized spacial score (nSPS) is 18.4. The quantitative estimate of drug-likeness (QED) is 0.849. The van der Waals surface area contributed by atoms with E-state index in [1.807, 2.05) is 19.9 Å². The van der Waals surface area contributed by atoms with Crippen LogP contribution in [-0.4, -0.2) is 40.1 Å². The largest absolute Gasteiger partial charge is 0.481 e. The summed E-state index contributed by atoms with van der Waals surface area (Å²) in [7, 11) is 0. The Balaban J connectivity index is 2.00. The highest BCUT2D eigenvalue weighted by molar-refractivity contribution is 5.90. The molecule has 6 nitrogen and oxygen atoms in total. The van der Waals surface area contributed by atoms with Crippen LogP contribution in [0.1, 0.15) is 17.8 Å². The van der Waals surface area contributed by atoms with E-state index in [0.717, 1.165) is 11.4 Å². The number of nitrogens with one attached hydrogen (secondary N) is 1. The van der Waals surface area contributed by atoms with Gasteiger partial charge in [-0.2, -0.15) is 0 Å². The van der Waals surface area contributed by atoms with E-state index in [2.05, 4.69) is 10.3 Å². The van der Waals surface area contributed by atoms with Crippen LogP contribution < -0.4 is 5.32 Å². The fourth-order valence-corrected chi connectivity index (χ4v) is 2.16. The van der Waals surface area contributed by atoms with E-state index in [-0.39, 0.29) is 12.6 Å². The van der Waals surface area contributed by atoms with Crippen LogP contribution in [0, 0.1) is 19.8 Å². The average molecular weight is 263 g/mol. The van der Waals surface area contributed by atoms with Crippen molar-refractivity contribution in [3.05, 3.63) is 23.5 Å². The first-order chi connectivity index (χ1) is 8.97. The number of anilines is 1. The van der Waals surface area contributed by atoms with Crippen LogP contribution in [0.4, 0.5) is 10.5 Å². The minimum atomic E-state index is -0.844. The smallest absolute Gasteiger partial charge is 0.321 e. The van der Waals surface area contributed by atoms with Gasteiger partial charge in [-0.25, -0.2) is 4.79 Å². The number of aryl methyl sites for hydroxylation is 2. The summed E-state index contributed by atoms with van der Waals surface area (Å²) in [5.74, 6) is -1.30. The first-order valence-electron chi connectivity index (χ1n) is 6.20. The molecule has 2 amide bonds. The van der Waals surface area contributed by atoms with Gasteiger partial charge in [0.15, 0.2) is 0 Å². The third kappa shape index (κ3) is 3.01. The molecule has 0 radical (unpaired) electrons. The highest BCUT2D eigenvalue weighted by atomic mass is 16.4. The lowest BCUT2D eigenvalue weighted by Gasteiger charge is -2.17. The van der Waals surface area contributed by atoms with Crippen molar-refractivity contribution >= 4 is 17.7 Å². The minimum Gasteiger partial charge on any atom is -0.481 e. The summed E-state index contributed by atoms with van der Waals surface area (Å²) in [6.45, 7) is 4.45. The Hall–Kier alpha value is -2.11. The van der Waals surface area contributed by atoms with Gasteiger partial charge < -0.3 is 15.3 Å². The summed E-state index contributed by atoms with van der Waals surface area (Å²) in [6.07, 6.45) is 0.508. The number of likely N-dealkylation sites (tertiary alicyclic amines) is 1. The Labute approximate surface area is 111 Å². The molecule has 0 aliphatic carbocycles. The number of carboxylic acids is 1. The van der Waals surface area contributed by atoms with E-state index in [4.69, 9.17) is 5.11 Å². The summed E-state index contributed by atoms with van der Waals surface area (Å²) < 4.78 is 0. The van der Waals surface area contributed by atoms with Crippen LogP contribution >= 0.6 is 0 Å². The second-order valence-electron chi connectivity index (χ2n) is 4.79. The van der Waals surface area contributed by atoms with Gasteiger partial charge in [-0.1, -0.05) is 0 Å². The van der Waals surface area contributed by atoms with Crippen molar-refractivity contribution in [2.75, 3.05) is 18.4 Å². The van der Waals surface area contributed by atoms with Gasteiger partial charge in [0, 0.05) is 18.8 Å². The average Bonchev–Trinajstić information content (AvgIpc) is 2.82. The predicted molar refractivity (Wildman–Crippen MR) is 70.0 cm³/mol. The molecular formula is C13H17N3O3. The van der Waals surface area contributed by atoms with Crippen molar-refractivity contribution < 1.29 is 14.7 Å². The van der Waals surface area contributed by atoms with Gasteiger partial charge in [0.2, 0.25) is 0 Å². The maximum absolute atomic E-state index is 12.0. The van der Waals surface area contributed by atoms with Crippen molar-refractivity contribution in [2.45, 2.75) is 20.3 Å². The van der Waals surface area contributed by atoms with E-state index in [9.17, 15) is 9.59 Å². The lowest BCUT2D eigenvalue weighted by atomic mass is 10.1. The molecule has 19 heavy (non-hydrogen) atoms. The van der Waals surface area contributed by atoms with E-state index in [0.29, 0.717) is 18.7 Å². The Kier molecular flexibility index (Phi) is 3.69. The Bertz CT molecular complexity index is 516. The molecular weight excluding hydrogens is 246 g/mol. The van der Waals surface area contributed by atoms with Crippen LogP contribution in [0.25, 0.3) is 0 Å². The second kappa shape index (κ2) is 5.26. The number of aliphatic carboxylic acids is 1. The van der Waals surface area contributed by atoms with Gasteiger partial charge in [0.25, 0.3) is 0 Å². The molecule has 2 rings (SSSR count). The monoisotopic (exact) mass is 263 g/mol. The molecule has 1 fully saturated rings. The number of rotatable bonds is 2. The standard InChI is InChI=1S/C13H17N3O3/c1-8-3-4-11(9(2)14-8)15-13(19)16-6-5-10(7-16)12(17)18/h3-4,10H,5-7H2,1-2H3,(H,15,19)(H,17,18). The molecule has 0 spiro atoms. The van der Waals surface area contributed by atoms with Crippen molar-refractivity contribution in [3.8, 4) is 0 Å². The predicted octanol–water partition coefficient (Wildman–Crippen LogP) is 1.64. The fraction of sp³-hybridized carbons (Fsp3) is 0.462. The van der Waals surface area contributed by atoms with Gasteiger partial charge in [0.1, 0.15) is 0 Å². The van der Waals surface area contributed by atoms with Crippen LogP contribution in [0.15, 0.2) is 12.1 Å². The van der Waals surface area contributed by atoms with Gasteiger partial charge >= 0.3 is 12.0 Å². The van der Waals surface area contributed by atoms with Crippen LogP contribution in [0.2, 0.25) is 0 Å². The lowest BCUT2D eigenvalue weighted by molar-refractivity contribution is -0.141. The SMILES string of the molecule is Cc1ccc(NC(=O)N2CCC(C(=O)O)C2)c(C)n1. The number of hydrogen-bond donors (Lipinski definition) is 2. The van der Waals surface area contributed by atoms with Gasteiger partial charge in [-0.15, -0.1) is 0 Å². The summed E-state index contributed by atoms with van der Waals surface area (Å²) in [6, 6.07) is 3.37. The molecule has 0 saturated carbocycles. The van der Waals surface area contributed by atoms with E-state index >= 15 is 0 Å². The maximum atomic E-state index is 12.0. The van der Waals surface area contributed by atoms with Crippen LogP contribution in [0.3, 0.4) is 0 Å². The van der Waals surface area contributed by atoms with Crippen molar-refractivity contribution in [2.24, 2.45) is 5.92 Å². The zero-order valence-electron chi connectivity index (χ0n) is 11.0. The molecule has 1 aliphatic heterocycles. The third-order valence-corrected chi connectivity index (χ3v) is 3.29. The van der Waals surface area contributed by atoms with Crippen molar-refractivity contribution in [1.29, 1.82) is 0 Å². The number of carboxylic acid groups (broad SMARTS) is 1. The second-order valence-corrected chi connectivity index (χ2v) is 4.79. The first-order valence-corrected chi connectivity index (χ1v) is 6.20. The highest BCUT2D eigenvalue weighted by Gasteiger charge is 2.30.